The highest BCUT2D eigenvalue weighted by Gasteiger charge is 2.46. The second-order valence-corrected chi connectivity index (χ2v) is 4.21. The molecule has 0 radical (unpaired) electrons. The topological polar surface area (TPSA) is 43.4 Å². The SMILES string of the molecule is CCOC(=O)[C@@]1(C)CCC[C@@H](C)C1=O. The average Bonchev–Trinajstić information content (AvgIpc) is 2.14. The Labute approximate surface area is 84.8 Å². The van der Waals surface area contributed by atoms with Gasteiger partial charge < -0.3 is 4.74 Å². The number of esters is 1. The van der Waals surface area contributed by atoms with Gasteiger partial charge >= 0.3 is 5.97 Å². The lowest BCUT2D eigenvalue weighted by Crippen LogP contribution is -2.43. The highest BCUT2D eigenvalue weighted by molar-refractivity contribution is 6.04. The molecule has 3 heteroatoms. The van der Waals surface area contributed by atoms with Gasteiger partial charge in [0.15, 0.2) is 5.78 Å². The van der Waals surface area contributed by atoms with Crippen LogP contribution in [0.25, 0.3) is 0 Å². The molecule has 1 fully saturated rings. The van der Waals surface area contributed by atoms with Gasteiger partial charge in [0.05, 0.1) is 6.61 Å². The van der Waals surface area contributed by atoms with Gasteiger partial charge in [0.1, 0.15) is 5.41 Å². The van der Waals surface area contributed by atoms with Crippen molar-refractivity contribution in [2.75, 3.05) is 6.61 Å². The molecule has 1 saturated carbocycles. The van der Waals surface area contributed by atoms with E-state index in [-0.39, 0.29) is 17.7 Å². The second-order valence-electron chi connectivity index (χ2n) is 4.21. The fourth-order valence-electron chi connectivity index (χ4n) is 2.05. The molecule has 0 unspecified atom stereocenters. The summed E-state index contributed by atoms with van der Waals surface area (Å²) in [5.74, 6) is -0.308. The molecule has 80 valence electrons. The smallest absolute Gasteiger partial charge is 0.319 e. The fraction of sp³-hybridized carbons (Fsp3) is 0.818. The molecule has 0 aromatic carbocycles. The molecule has 0 heterocycles. The molecule has 14 heavy (non-hydrogen) atoms. The molecule has 1 rings (SSSR count). The van der Waals surface area contributed by atoms with Crippen molar-refractivity contribution in [3.05, 3.63) is 0 Å². The molecule has 2 atom stereocenters. The molecule has 0 aromatic rings. The van der Waals surface area contributed by atoms with Crippen molar-refractivity contribution in [3.8, 4) is 0 Å². The molecule has 0 aliphatic heterocycles. The van der Waals surface area contributed by atoms with Crippen LogP contribution in [0.15, 0.2) is 0 Å². The van der Waals surface area contributed by atoms with E-state index in [4.69, 9.17) is 4.74 Å². The van der Waals surface area contributed by atoms with Crippen molar-refractivity contribution in [2.45, 2.75) is 40.0 Å². The van der Waals surface area contributed by atoms with Crippen LogP contribution >= 0.6 is 0 Å². The van der Waals surface area contributed by atoms with Gasteiger partial charge in [0.2, 0.25) is 0 Å². The Morgan fingerprint density at radius 1 is 1.64 bits per heavy atom. The van der Waals surface area contributed by atoms with Crippen molar-refractivity contribution in [1.82, 2.24) is 0 Å². The van der Waals surface area contributed by atoms with E-state index in [1.54, 1.807) is 13.8 Å². The molecule has 3 nitrogen and oxygen atoms in total. The van der Waals surface area contributed by atoms with Gasteiger partial charge in [-0.1, -0.05) is 13.3 Å². The summed E-state index contributed by atoms with van der Waals surface area (Å²) in [5, 5.41) is 0. The number of ketones is 1. The molecule has 0 N–H and O–H groups in total. The molecular weight excluding hydrogens is 180 g/mol. The third-order valence-corrected chi connectivity index (χ3v) is 3.03. The number of carbonyl (C=O) groups is 2. The average molecular weight is 198 g/mol. The monoisotopic (exact) mass is 198 g/mol. The third-order valence-electron chi connectivity index (χ3n) is 3.03. The first kappa shape index (κ1) is 11.2. The molecule has 1 aliphatic rings. The van der Waals surface area contributed by atoms with Crippen LogP contribution < -0.4 is 0 Å². The summed E-state index contributed by atoms with van der Waals surface area (Å²) in [4.78, 5) is 23.5. The summed E-state index contributed by atoms with van der Waals surface area (Å²) in [7, 11) is 0. The lowest BCUT2D eigenvalue weighted by Gasteiger charge is -2.32. The van der Waals surface area contributed by atoms with E-state index < -0.39 is 5.41 Å². The quantitative estimate of drug-likeness (QED) is 0.503. The predicted molar refractivity (Wildman–Crippen MR) is 52.8 cm³/mol. The summed E-state index contributed by atoms with van der Waals surface area (Å²) in [6, 6.07) is 0. The first-order valence-corrected chi connectivity index (χ1v) is 5.24. The van der Waals surface area contributed by atoms with Gasteiger partial charge in [-0.3, -0.25) is 9.59 Å². The Bertz CT molecular complexity index is 247. The van der Waals surface area contributed by atoms with Gasteiger partial charge in [0, 0.05) is 5.92 Å². The molecule has 0 spiro atoms. The largest absolute Gasteiger partial charge is 0.465 e. The zero-order valence-electron chi connectivity index (χ0n) is 9.13. The Morgan fingerprint density at radius 3 is 2.86 bits per heavy atom. The van der Waals surface area contributed by atoms with Crippen molar-refractivity contribution >= 4 is 11.8 Å². The van der Waals surface area contributed by atoms with E-state index in [0.717, 1.165) is 12.8 Å². The van der Waals surface area contributed by atoms with Gasteiger partial charge in [-0.15, -0.1) is 0 Å². The highest BCUT2D eigenvalue weighted by atomic mass is 16.5. The van der Waals surface area contributed by atoms with Gasteiger partial charge in [-0.25, -0.2) is 0 Å². The summed E-state index contributed by atoms with van der Waals surface area (Å²) in [5.41, 5.74) is -0.881. The Morgan fingerprint density at radius 2 is 2.29 bits per heavy atom. The number of Topliss-reactive ketones (excluding diaryl/α,β-unsaturated/α-hetero) is 1. The van der Waals surface area contributed by atoms with E-state index in [1.807, 2.05) is 6.92 Å². The standard InChI is InChI=1S/C11H18O3/c1-4-14-10(13)11(3)7-5-6-8(2)9(11)12/h8H,4-7H2,1-3H3/t8-,11+/m1/s1. The van der Waals surface area contributed by atoms with Crippen molar-refractivity contribution in [3.63, 3.8) is 0 Å². The number of carbonyl (C=O) groups excluding carboxylic acids is 2. The highest BCUT2D eigenvalue weighted by Crippen LogP contribution is 2.36. The molecular formula is C11H18O3. The first-order chi connectivity index (χ1) is 6.52. The predicted octanol–water partition coefficient (Wildman–Crippen LogP) is 1.94. The minimum Gasteiger partial charge on any atom is -0.465 e. The van der Waals surface area contributed by atoms with Crippen LogP contribution in [0.2, 0.25) is 0 Å². The van der Waals surface area contributed by atoms with Gasteiger partial charge in [-0.2, -0.15) is 0 Å². The summed E-state index contributed by atoms with van der Waals surface area (Å²) < 4.78 is 4.94. The Kier molecular flexibility index (Phi) is 3.29. The van der Waals surface area contributed by atoms with E-state index in [1.165, 1.54) is 0 Å². The maximum absolute atomic E-state index is 11.9. The third kappa shape index (κ3) is 1.81. The summed E-state index contributed by atoms with van der Waals surface area (Å²) >= 11 is 0. The van der Waals surface area contributed by atoms with Crippen LogP contribution in [0.4, 0.5) is 0 Å². The van der Waals surface area contributed by atoms with Crippen LogP contribution in [0.3, 0.4) is 0 Å². The molecule has 0 amide bonds. The molecule has 1 aliphatic carbocycles. The Hall–Kier alpha value is -0.860. The zero-order chi connectivity index (χ0) is 10.8. The van der Waals surface area contributed by atoms with Gasteiger partial charge in [-0.05, 0) is 26.7 Å². The van der Waals surface area contributed by atoms with Gasteiger partial charge in [0.25, 0.3) is 0 Å². The molecule has 0 bridgehead atoms. The van der Waals surface area contributed by atoms with E-state index in [0.29, 0.717) is 13.0 Å². The lowest BCUT2D eigenvalue weighted by atomic mass is 9.70. The Balaban J connectivity index is 2.80. The minimum absolute atomic E-state index is 0.00171. The maximum Gasteiger partial charge on any atom is 0.319 e. The lowest BCUT2D eigenvalue weighted by molar-refractivity contribution is -0.162. The zero-order valence-corrected chi connectivity index (χ0v) is 9.13. The summed E-state index contributed by atoms with van der Waals surface area (Å²) in [6.45, 7) is 5.70. The van der Waals surface area contributed by atoms with Crippen LogP contribution in [0.5, 0.6) is 0 Å². The fourth-order valence-corrected chi connectivity index (χ4v) is 2.05. The van der Waals surface area contributed by atoms with E-state index in [2.05, 4.69) is 0 Å². The number of ether oxygens (including phenoxy) is 1. The molecule has 0 aromatic heterocycles. The minimum atomic E-state index is -0.881. The number of hydrogen-bond acceptors (Lipinski definition) is 3. The normalized spacial score (nSPS) is 32.8. The van der Waals surface area contributed by atoms with Crippen LogP contribution in [-0.4, -0.2) is 18.4 Å². The van der Waals surface area contributed by atoms with Crippen molar-refractivity contribution in [2.24, 2.45) is 11.3 Å². The van der Waals surface area contributed by atoms with Crippen molar-refractivity contribution < 1.29 is 14.3 Å². The van der Waals surface area contributed by atoms with Crippen LogP contribution in [0, 0.1) is 11.3 Å². The van der Waals surface area contributed by atoms with Crippen LogP contribution in [-0.2, 0) is 14.3 Å². The van der Waals surface area contributed by atoms with Crippen molar-refractivity contribution in [1.29, 1.82) is 0 Å². The van der Waals surface area contributed by atoms with E-state index >= 15 is 0 Å². The summed E-state index contributed by atoms with van der Waals surface area (Å²) in [6.07, 6.45) is 2.46. The number of hydrogen-bond donors (Lipinski definition) is 0. The van der Waals surface area contributed by atoms with E-state index in [9.17, 15) is 9.59 Å². The number of rotatable bonds is 2. The first-order valence-electron chi connectivity index (χ1n) is 5.24. The second kappa shape index (κ2) is 4.11. The maximum atomic E-state index is 11.9. The molecule has 0 saturated heterocycles. The van der Waals surface area contributed by atoms with Crippen LogP contribution in [0.1, 0.15) is 40.0 Å².